The molecular weight excluding hydrogens is 334 g/mol. The van der Waals surface area contributed by atoms with E-state index in [9.17, 15) is 13.6 Å². The predicted molar refractivity (Wildman–Crippen MR) is 86.9 cm³/mol. The van der Waals surface area contributed by atoms with Gasteiger partial charge in [0.05, 0.1) is 5.69 Å². The Kier molecular flexibility index (Phi) is 4.30. The minimum absolute atomic E-state index is 0.184. The number of nitrogens with one attached hydrogen (secondary N) is 1. The third-order valence-electron chi connectivity index (χ3n) is 3.26. The van der Waals surface area contributed by atoms with Gasteiger partial charge in [-0.25, -0.2) is 23.7 Å². The van der Waals surface area contributed by atoms with E-state index in [1.54, 1.807) is 19.2 Å². The Morgan fingerprint density at radius 2 is 1.96 bits per heavy atom. The highest BCUT2D eigenvalue weighted by molar-refractivity contribution is 7.14. The van der Waals surface area contributed by atoms with Gasteiger partial charge in [0.2, 0.25) is 0 Å². The summed E-state index contributed by atoms with van der Waals surface area (Å²) in [5.74, 6) is -1.27. The van der Waals surface area contributed by atoms with Crippen molar-refractivity contribution < 1.29 is 13.6 Å². The predicted octanol–water partition coefficient (Wildman–Crippen LogP) is 3.75. The maximum atomic E-state index is 13.9. The summed E-state index contributed by atoms with van der Waals surface area (Å²) in [5.41, 5.74) is 1.04. The van der Waals surface area contributed by atoms with E-state index >= 15 is 0 Å². The highest BCUT2D eigenvalue weighted by atomic mass is 32.1. The average Bonchev–Trinajstić information content (AvgIpc) is 2.99. The Hall–Kier alpha value is -2.74. The summed E-state index contributed by atoms with van der Waals surface area (Å²) in [7, 11) is 0. The summed E-state index contributed by atoms with van der Waals surface area (Å²) in [6.45, 7) is 3.22. The number of benzene rings is 1. The van der Waals surface area contributed by atoms with Gasteiger partial charge in [-0.15, -0.1) is 11.3 Å². The van der Waals surface area contributed by atoms with Gasteiger partial charge in [0, 0.05) is 23.2 Å². The molecule has 5 nitrogen and oxygen atoms in total. The van der Waals surface area contributed by atoms with Crippen LogP contribution in [-0.2, 0) is 0 Å². The number of nitrogens with zero attached hydrogens (tertiary/aromatic N) is 3. The van der Waals surface area contributed by atoms with Crippen molar-refractivity contribution in [2.75, 3.05) is 5.32 Å². The monoisotopic (exact) mass is 346 g/mol. The van der Waals surface area contributed by atoms with Crippen LogP contribution in [0.4, 0.5) is 13.9 Å². The fourth-order valence-corrected chi connectivity index (χ4v) is 2.76. The Balaban J connectivity index is 1.84. The van der Waals surface area contributed by atoms with Crippen LogP contribution in [0.1, 0.15) is 21.9 Å². The zero-order valence-corrected chi connectivity index (χ0v) is 13.6. The van der Waals surface area contributed by atoms with Crippen molar-refractivity contribution >= 4 is 22.4 Å². The van der Waals surface area contributed by atoms with Crippen molar-refractivity contribution in [1.82, 2.24) is 15.0 Å². The molecule has 0 aliphatic heterocycles. The number of rotatable bonds is 3. The van der Waals surface area contributed by atoms with E-state index in [4.69, 9.17) is 0 Å². The number of anilines is 1. The van der Waals surface area contributed by atoms with E-state index in [1.807, 2.05) is 0 Å². The van der Waals surface area contributed by atoms with E-state index in [-0.39, 0.29) is 11.3 Å². The first-order valence-corrected chi connectivity index (χ1v) is 7.84. The first kappa shape index (κ1) is 16.1. The molecule has 0 aliphatic carbocycles. The van der Waals surface area contributed by atoms with Gasteiger partial charge < -0.3 is 0 Å². The zero-order chi connectivity index (χ0) is 17.3. The summed E-state index contributed by atoms with van der Waals surface area (Å²) in [5, 5.41) is 4.50. The lowest BCUT2D eigenvalue weighted by Crippen LogP contribution is -2.14. The molecule has 0 saturated carbocycles. The molecule has 0 unspecified atom stereocenters. The van der Waals surface area contributed by atoms with Gasteiger partial charge in [-0.2, -0.15) is 0 Å². The standard InChI is InChI=1S/C16H12F2N4OS/c1-8-5-10(12(18)6-11(8)17)14-7-24-16(21-14)22-15(23)13-3-4-19-9(2)20-13/h3-7H,1-2H3,(H,21,22,23). The molecule has 0 bridgehead atoms. The van der Waals surface area contributed by atoms with Crippen molar-refractivity contribution in [3.05, 3.63) is 58.5 Å². The van der Waals surface area contributed by atoms with Crippen molar-refractivity contribution in [3.63, 3.8) is 0 Å². The lowest BCUT2D eigenvalue weighted by Gasteiger charge is -2.03. The largest absolute Gasteiger partial charge is 0.296 e. The number of hydrogen-bond acceptors (Lipinski definition) is 5. The number of aryl methyl sites for hydroxylation is 2. The molecule has 3 aromatic rings. The third kappa shape index (κ3) is 3.28. The average molecular weight is 346 g/mol. The number of thiazole rings is 1. The van der Waals surface area contributed by atoms with Gasteiger partial charge in [0.25, 0.3) is 5.91 Å². The highest BCUT2D eigenvalue weighted by Crippen LogP contribution is 2.28. The zero-order valence-electron chi connectivity index (χ0n) is 12.8. The van der Waals surface area contributed by atoms with Gasteiger partial charge >= 0.3 is 0 Å². The fourth-order valence-electron chi connectivity index (χ4n) is 2.05. The molecular formula is C16H12F2N4OS. The van der Waals surface area contributed by atoms with Crippen LogP contribution >= 0.6 is 11.3 Å². The molecule has 0 aliphatic rings. The van der Waals surface area contributed by atoms with Crippen LogP contribution in [-0.4, -0.2) is 20.9 Å². The van der Waals surface area contributed by atoms with Crippen LogP contribution < -0.4 is 5.32 Å². The normalized spacial score (nSPS) is 10.7. The second-order valence-corrected chi connectivity index (χ2v) is 5.92. The van der Waals surface area contributed by atoms with Crippen LogP contribution in [0.2, 0.25) is 0 Å². The third-order valence-corrected chi connectivity index (χ3v) is 4.02. The second kappa shape index (κ2) is 6.40. The Labute approximate surface area is 140 Å². The van der Waals surface area contributed by atoms with Crippen molar-refractivity contribution in [3.8, 4) is 11.3 Å². The maximum absolute atomic E-state index is 13.9. The molecule has 0 atom stereocenters. The fraction of sp³-hybridized carbons (Fsp3) is 0.125. The molecule has 0 spiro atoms. The molecule has 1 N–H and O–H groups in total. The summed E-state index contributed by atoms with van der Waals surface area (Å²) in [6, 6.07) is 3.70. The van der Waals surface area contributed by atoms with Crippen molar-refractivity contribution in [2.24, 2.45) is 0 Å². The Morgan fingerprint density at radius 3 is 2.71 bits per heavy atom. The van der Waals surface area contributed by atoms with Gasteiger partial charge in [-0.1, -0.05) is 0 Å². The van der Waals surface area contributed by atoms with E-state index < -0.39 is 17.5 Å². The van der Waals surface area contributed by atoms with Crippen LogP contribution in [0.5, 0.6) is 0 Å². The lowest BCUT2D eigenvalue weighted by molar-refractivity contribution is 0.102. The van der Waals surface area contributed by atoms with Crippen LogP contribution in [0.3, 0.4) is 0 Å². The first-order valence-electron chi connectivity index (χ1n) is 6.96. The van der Waals surface area contributed by atoms with Crippen molar-refractivity contribution in [2.45, 2.75) is 13.8 Å². The van der Waals surface area contributed by atoms with Crippen LogP contribution in [0.15, 0.2) is 29.8 Å². The molecule has 0 saturated heterocycles. The van der Waals surface area contributed by atoms with Crippen molar-refractivity contribution in [1.29, 1.82) is 0 Å². The maximum Gasteiger partial charge on any atom is 0.276 e. The molecule has 122 valence electrons. The number of carbonyl (C=O) groups excluding carboxylic acids is 1. The van der Waals surface area contributed by atoms with E-state index in [0.717, 1.165) is 17.4 Å². The summed E-state index contributed by atoms with van der Waals surface area (Å²) in [4.78, 5) is 24.2. The van der Waals surface area contributed by atoms with Gasteiger partial charge in [-0.3, -0.25) is 10.1 Å². The minimum Gasteiger partial charge on any atom is -0.296 e. The second-order valence-electron chi connectivity index (χ2n) is 5.06. The minimum atomic E-state index is -0.701. The Bertz CT molecular complexity index is 926. The molecule has 24 heavy (non-hydrogen) atoms. The van der Waals surface area contributed by atoms with E-state index in [0.29, 0.717) is 22.2 Å². The number of carbonyl (C=O) groups is 1. The number of aromatic nitrogens is 3. The lowest BCUT2D eigenvalue weighted by atomic mass is 10.1. The SMILES string of the molecule is Cc1nccc(C(=O)Nc2nc(-c3cc(C)c(F)cc3F)cs2)n1. The molecule has 1 aromatic carbocycles. The molecule has 8 heteroatoms. The molecule has 2 aromatic heterocycles. The molecule has 2 heterocycles. The van der Waals surface area contributed by atoms with Crippen LogP contribution in [0, 0.1) is 25.5 Å². The first-order chi connectivity index (χ1) is 11.4. The number of halogens is 2. The van der Waals surface area contributed by atoms with E-state index in [2.05, 4.69) is 20.3 Å². The molecule has 0 radical (unpaired) electrons. The number of hydrogen-bond donors (Lipinski definition) is 1. The van der Waals surface area contributed by atoms with Gasteiger partial charge in [0.15, 0.2) is 5.13 Å². The Morgan fingerprint density at radius 1 is 1.17 bits per heavy atom. The highest BCUT2D eigenvalue weighted by Gasteiger charge is 2.15. The quantitative estimate of drug-likeness (QED) is 0.784. The van der Waals surface area contributed by atoms with Gasteiger partial charge in [-0.05, 0) is 31.5 Å². The van der Waals surface area contributed by atoms with Crippen LogP contribution in [0.25, 0.3) is 11.3 Å². The molecule has 1 amide bonds. The summed E-state index contributed by atoms with van der Waals surface area (Å²) >= 11 is 1.14. The van der Waals surface area contributed by atoms with E-state index in [1.165, 1.54) is 18.3 Å². The smallest absolute Gasteiger partial charge is 0.276 e. The summed E-state index contributed by atoms with van der Waals surface area (Å²) in [6.07, 6.45) is 1.49. The summed E-state index contributed by atoms with van der Waals surface area (Å²) < 4.78 is 27.3. The topological polar surface area (TPSA) is 67.8 Å². The van der Waals surface area contributed by atoms with Gasteiger partial charge in [0.1, 0.15) is 23.2 Å². The number of amides is 1. The molecule has 3 rings (SSSR count). The molecule has 0 fully saturated rings.